The molecule has 30 heavy (non-hydrogen) atoms. The molecule has 0 aliphatic heterocycles. The number of rotatable bonds is 5. The number of aromatic nitrogens is 5. The Bertz CT molecular complexity index is 1290. The molecule has 10 heteroatoms. The molecule has 7 nitrogen and oxygen atoms in total. The van der Waals surface area contributed by atoms with Crippen LogP contribution in [-0.4, -0.2) is 24.6 Å². The van der Waals surface area contributed by atoms with Crippen LogP contribution >= 0.6 is 0 Å². The minimum atomic E-state index is -2.91. The van der Waals surface area contributed by atoms with Gasteiger partial charge in [-0.05, 0) is 19.9 Å². The fraction of sp³-hybridized carbons (Fsp3) is 0.250. The van der Waals surface area contributed by atoms with Crippen LogP contribution in [0.4, 0.5) is 19.0 Å². The molecular formula is C20H16F3N7. The summed E-state index contributed by atoms with van der Waals surface area (Å²) in [6.07, 6.45) is -1.48. The standard InChI is InChI=1S/C20H16F3N7/c1-10(13-4-3-5-14(16(13)21)17(22)23)27-18-15-8-12(6-7-24)19-28-11(2)29-30(19)20(15)26-9-25-18/h3-5,8-10,17H,6H2,1-2H3,(H,25,26,27)/t10-/m1/s1. The van der Waals surface area contributed by atoms with Crippen molar-refractivity contribution in [3.8, 4) is 6.07 Å². The van der Waals surface area contributed by atoms with Crippen molar-refractivity contribution in [3.63, 3.8) is 0 Å². The van der Waals surface area contributed by atoms with Crippen molar-refractivity contribution in [2.75, 3.05) is 5.32 Å². The van der Waals surface area contributed by atoms with E-state index in [1.807, 2.05) is 0 Å². The molecule has 152 valence electrons. The average Bonchev–Trinajstić information content (AvgIpc) is 3.10. The number of fused-ring (bicyclic) bond motifs is 3. The quantitative estimate of drug-likeness (QED) is 0.527. The lowest BCUT2D eigenvalue weighted by molar-refractivity contribution is 0.146. The first-order valence-corrected chi connectivity index (χ1v) is 9.10. The molecule has 0 amide bonds. The van der Waals surface area contributed by atoms with Crippen molar-refractivity contribution >= 4 is 22.5 Å². The summed E-state index contributed by atoms with van der Waals surface area (Å²) in [5, 5.41) is 17.1. The Morgan fingerprint density at radius 1 is 1.20 bits per heavy atom. The Hall–Kier alpha value is -3.74. The summed E-state index contributed by atoms with van der Waals surface area (Å²) in [5.41, 5.74) is 1.06. The monoisotopic (exact) mass is 411 g/mol. The highest BCUT2D eigenvalue weighted by atomic mass is 19.3. The second-order valence-corrected chi connectivity index (χ2v) is 6.78. The summed E-state index contributed by atoms with van der Waals surface area (Å²) in [5.74, 6) is -0.0667. The normalized spacial score (nSPS) is 12.4. The van der Waals surface area contributed by atoms with Gasteiger partial charge in [-0.25, -0.2) is 28.1 Å². The van der Waals surface area contributed by atoms with Crippen LogP contribution in [0.2, 0.25) is 0 Å². The third kappa shape index (κ3) is 3.28. The summed E-state index contributed by atoms with van der Waals surface area (Å²) < 4.78 is 42.2. The maximum atomic E-state index is 14.6. The van der Waals surface area contributed by atoms with Crippen molar-refractivity contribution in [3.05, 3.63) is 58.9 Å². The number of nitrogens with one attached hydrogen (secondary N) is 1. The zero-order valence-electron chi connectivity index (χ0n) is 16.1. The van der Waals surface area contributed by atoms with Gasteiger partial charge >= 0.3 is 0 Å². The summed E-state index contributed by atoms with van der Waals surface area (Å²) in [6.45, 7) is 3.38. The zero-order valence-corrected chi connectivity index (χ0v) is 16.1. The van der Waals surface area contributed by atoms with Crippen LogP contribution in [0.25, 0.3) is 16.7 Å². The highest BCUT2D eigenvalue weighted by Crippen LogP contribution is 2.30. The predicted molar refractivity (Wildman–Crippen MR) is 104 cm³/mol. The molecule has 1 aromatic carbocycles. The summed E-state index contributed by atoms with van der Waals surface area (Å²) in [4.78, 5) is 12.9. The van der Waals surface area contributed by atoms with Crippen LogP contribution < -0.4 is 5.32 Å². The van der Waals surface area contributed by atoms with E-state index in [4.69, 9.17) is 5.26 Å². The van der Waals surface area contributed by atoms with E-state index < -0.39 is 23.8 Å². The molecule has 0 unspecified atom stereocenters. The van der Waals surface area contributed by atoms with Crippen molar-refractivity contribution in [2.24, 2.45) is 0 Å². The van der Waals surface area contributed by atoms with Crippen molar-refractivity contribution < 1.29 is 13.2 Å². The Balaban J connectivity index is 1.82. The second kappa shape index (κ2) is 7.59. The molecule has 4 rings (SSSR count). The van der Waals surface area contributed by atoms with Gasteiger partial charge in [-0.15, -0.1) is 5.10 Å². The van der Waals surface area contributed by atoms with Crippen molar-refractivity contribution in [1.82, 2.24) is 24.6 Å². The number of hydrogen-bond donors (Lipinski definition) is 1. The minimum absolute atomic E-state index is 0.0921. The van der Waals surface area contributed by atoms with Gasteiger partial charge in [-0.1, -0.05) is 18.2 Å². The molecule has 0 saturated heterocycles. The fourth-order valence-electron chi connectivity index (χ4n) is 3.38. The Morgan fingerprint density at radius 3 is 2.70 bits per heavy atom. The number of nitriles is 1. The van der Waals surface area contributed by atoms with E-state index in [0.29, 0.717) is 33.9 Å². The number of hydrogen-bond acceptors (Lipinski definition) is 6. The van der Waals surface area contributed by atoms with E-state index in [2.05, 4.69) is 31.4 Å². The van der Waals surface area contributed by atoms with E-state index in [9.17, 15) is 13.2 Å². The topological polar surface area (TPSA) is 91.8 Å². The predicted octanol–water partition coefficient (Wildman–Crippen LogP) is 4.30. The molecule has 1 atom stereocenters. The molecule has 3 aromatic heterocycles. The highest BCUT2D eigenvalue weighted by Gasteiger charge is 2.21. The second-order valence-electron chi connectivity index (χ2n) is 6.78. The Morgan fingerprint density at radius 2 is 1.97 bits per heavy atom. The highest BCUT2D eigenvalue weighted by molar-refractivity contribution is 5.89. The fourth-order valence-corrected chi connectivity index (χ4v) is 3.38. The largest absolute Gasteiger partial charge is 0.363 e. The molecule has 1 N–H and O–H groups in total. The summed E-state index contributed by atoms with van der Waals surface area (Å²) in [7, 11) is 0. The molecule has 3 heterocycles. The van der Waals surface area contributed by atoms with E-state index in [1.54, 1.807) is 19.9 Å². The van der Waals surface area contributed by atoms with Gasteiger partial charge in [0.15, 0.2) is 11.3 Å². The maximum absolute atomic E-state index is 14.6. The molecule has 0 aliphatic carbocycles. The number of anilines is 1. The van der Waals surface area contributed by atoms with Gasteiger partial charge in [-0.2, -0.15) is 9.78 Å². The lowest BCUT2D eigenvalue weighted by Gasteiger charge is -2.18. The van der Waals surface area contributed by atoms with E-state index in [0.717, 1.165) is 6.07 Å². The maximum Gasteiger partial charge on any atom is 0.266 e. The first-order valence-electron chi connectivity index (χ1n) is 9.10. The van der Waals surface area contributed by atoms with Crippen LogP contribution in [-0.2, 0) is 6.42 Å². The number of alkyl halides is 2. The van der Waals surface area contributed by atoms with Gasteiger partial charge < -0.3 is 5.32 Å². The van der Waals surface area contributed by atoms with Crippen LogP contribution in [0.15, 0.2) is 30.6 Å². The smallest absolute Gasteiger partial charge is 0.266 e. The van der Waals surface area contributed by atoms with Gasteiger partial charge in [-0.3, -0.25) is 0 Å². The van der Waals surface area contributed by atoms with Gasteiger partial charge in [0, 0.05) is 11.1 Å². The van der Waals surface area contributed by atoms with E-state index in [1.165, 1.54) is 23.0 Å². The number of halogens is 3. The van der Waals surface area contributed by atoms with Crippen molar-refractivity contribution in [1.29, 1.82) is 5.26 Å². The third-order valence-electron chi connectivity index (χ3n) is 4.77. The van der Waals surface area contributed by atoms with E-state index >= 15 is 0 Å². The average molecular weight is 411 g/mol. The molecule has 0 fully saturated rings. The number of pyridine rings is 1. The Kier molecular flexibility index (Phi) is 4.95. The van der Waals surface area contributed by atoms with Crippen LogP contribution in [0, 0.1) is 24.1 Å². The van der Waals surface area contributed by atoms with Gasteiger partial charge in [0.1, 0.15) is 23.8 Å². The first kappa shape index (κ1) is 19.6. The third-order valence-corrected chi connectivity index (χ3v) is 4.77. The molecule has 0 spiro atoms. The lowest BCUT2D eigenvalue weighted by Crippen LogP contribution is -2.12. The number of aryl methyl sites for hydroxylation is 1. The molecule has 0 bridgehead atoms. The molecular weight excluding hydrogens is 395 g/mol. The zero-order chi connectivity index (χ0) is 21.4. The SMILES string of the molecule is Cc1nc2c(CC#N)cc3c(N[C@H](C)c4cccc(C(F)F)c4F)ncnc3n2n1. The minimum Gasteiger partial charge on any atom is -0.363 e. The van der Waals surface area contributed by atoms with Crippen LogP contribution in [0.5, 0.6) is 0 Å². The molecule has 0 aliphatic rings. The van der Waals surface area contributed by atoms with Gasteiger partial charge in [0.2, 0.25) is 0 Å². The lowest BCUT2D eigenvalue weighted by atomic mass is 10.0. The Labute approximate surface area is 169 Å². The first-order chi connectivity index (χ1) is 14.4. The van der Waals surface area contributed by atoms with Crippen LogP contribution in [0.3, 0.4) is 0 Å². The molecule has 0 radical (unpaired) electrons. The van der Waals surface area contributed by atoms with Gasteiger partial charge in [0.05, 0.1) is 29.5 Å². The summed E-state index contributed by atoms with van der Waals surface area (Å²) >= 11 is 0. The summed E-state index contributed by atoms with van der Waals surface area (Å²) in [6, 6.07) is 7.08. The number of benzene rings is 1. The van der Waals surface area contributed by atoms with Gasteiger partial charge in [0.25, 0.3) is 6.43 Å². The molecule has 0 saturated carbocycles. The number of nitrogens with zero attached hydrogens (tertiary/aromatic N) is 6. The molecule has 4 aromatic rings. The van der Waals surface area contributed by atoms with Crippen LogP contribution in [0.1, 0.15) is 41.9 Å². The van der Waals surface area contributed by atoms with E-state index in [-0.39, 0.29) is 12.0 Å². The van der Waals surface area contributed by atoms with Crippen molar-refractivity contribution in [2.45, 2.75) is 32.7 Å².